The van der Waals surface area contributed by atoms with Crippen molar-refractivity contribution in [3.8, 4) is 0 Å². The van der Waals surface area contributed by atoms with Crippen molar-refractivity contribution in [2.45, 2.75) is 32.3 Å². The molecule has 0 bridgehead atoms. The quantitative estimate of drug-likeness (QED) is 0.925. The summed E-state index contributed by atoms with van der Waals surface area (Å²) in [6.07, 6.45) is 3.76. The third-order valence-corrected chi connectivity index (χ3v) is 2.96. The van der Waals surface area contributed by atoms with Crippen LogP contribution in [0.2, 0.25) is 0 Å². The summed E-state index contributed by atoms with van der Waals surface area (Å²) < 4.78 is 12.2. The second kappa shape index (κ2) is 5.44. The molecule has 2 heterocycles. The first-order chi connectivity index (χ1) is 8.05. The monoisotopic (exact) mass is 300 g/mol. The van der Waals surface area contributed by atoms with E-state index in [-0.39, 0.29) is 6.10 Å². The average molecular weight is 301 g/mol. The fourth-order valence-electron chi connectivity index (χ4n) is 1.79. The molecule has 0 saturated carbocycles. The minimum Gasteiger partial charge on any atom is -0.348 e. The zero-order valence-corrected chi connectivity index (χ0v) is 11.7. The molecule has 1 saturated heterocycles. The maximum Gasteiger partial charge on any atom is 0.163 e. The van der Waals surface area contributed by atoms with Crippen molar-refractivity contribution in [3.05, 3.63) is 28.5 Å². The molecule has 94 valence electrons. The van der Waals surface area contributed by atoms with E-state index >= 15 is 0 Å². The number of rotatable bonds is 4. The number of pyridine rings is 1. The molecule has 0 aliphatic carbocycles. The van der Waals surface area contributed by atoms with Crippen molar-refractivity contribution in [1.82, 2.24) is 10.3 Å². The van der Waals surface area contributed by atoms with Gasteiger partial charge in [-0.2, -0.15) is 0 Å². The first kappa shape index (κ1) is 13.0. The molecular weight excluding hydrogens is 284 g/mol. The van der Waals surface area contributed by atoms with Crippen LogP contribution >= 0.6 is 15.9 Å². The Hall–Kier alpha value is -0.490. The topological polar surface area (TPSA) is 43.4 Å². The molecule has 1 atom stereocenters. The fourth-order valence-corrected chi connectivity index (χ4v) is 2.21. The van der Waals surface area contributed by atoms with Crippen molar-refractivity contribution >= 4 is 15.9 Å². The molecule has 1 fully saturated rings. The Morgan fingerprint density at radius 3 is 3.00 bits per heavy atom. The minimum absolute atomic E-state index is 0.130. The van der Waals surface area contributed by atoms with E-state index in [0.717, 1.165) is 23.1 Å². The summed E-state index contributed by atoms with van der Waals surface area (Å²) >= 11 is 3.40. The van der Waals surface area contributed by atoms with E-state index in [1.807, 2.05) is 20.0 Å². The number of nitrogens with one attached hydrogen (secondary N) is 1. The van der Waals surface area contributed by atoms with Gasteiger partial charge in [0, 0.05) is 30.0 Å². The zero-order valence-electron chi connectivity index (χ0n) is 10.1. The summed E-state index contributed by atoms with van der Waals surface area (Å²) in [4.78, 5) is 4.11. The Kier molecular flexibility index (Phi) is 4.14. The van der Waals surface area contributed by atoms with Crippen LogP contribution in [-0.2, 0) is 16.0 Å². The molecule has 1 N–H and O–H groups in total. The lowest BCUT2D eigenvalue weighted by Crippen LogP contribution is -2.30. The van der Waals surface area contributed by atoms with Crippen LogP contribution < -0.4 is 5.32 Å². The standard InChI is InChI=1S/C12H17BrN2O2/c1-12(2)16-8-11(17-12)7-15-5-9-3-10(13)6-14-4-9/h3-4,6,11,15H,5,7-8H2,1-2H3. The van der Waals surface area contributed by atoms with Gasteiger partial charge < -0.3 is 14.8 Å². The Labute approximate surface area is 110 Å². The van der Waals surface area contributed by atoms with Gasteiger partial charge in [-0.15, -0.1) is 0 Å². The predicted molar refractivity (Wildman–Crippen MR) is 68.5 cm³/mol. The van der Waals surface area contributed by atoms with E-state index in [2.05, 4.69) is 32.3 Å². The van der Waals surface area contributed by atoms with E-state index in [1.54, 1.807) is 6.20 Å². The molecule has 1 aliphatic heterocycles. The van der Waals surface area contributed by atoms with Gasteiger partial charge in [-0.25, -0.2) is 0 Å². The first-order valence-electron chi connectivity index (χ1n) is 5.67. The van der Waals surface area contributed by atoms with Gasteiger partial charge in [0.2, 0.25) is 0 Å². The first-order valence-corrected chi connectivity index (χ1v) is 6.46. The number of ether oxygens (including phenoxy) is 2. The molecule has 0 amide bonds. The number of hydrogen-bond donors (Lipinski definition) is 1. The lowest BCUT2D eigenvalue weighted by atomic mass is 10.3. The van der Waals surface area contributed by atoms with E-state index in [1.165, 1.54) is 0 Å². The number of hydrogen-bond acceptors (Lipinski definition) is 4. The van der Waals surface area contributed by atoms with Crippen molar-refractivity contribution in [1.29, 1.82) is 0 Å². The van der Waals surface area contributed by atoms with Gasteiger partial charge in [-0.3, -0.25) is 4.98 Å². The molecule has 2 rings (SSSR count). The molecule has 0 spiro atoms. The lowest BCUT2D eigenvalue weighted by molar-refractivity contribution is -0.137. The van der Waals surface area contributed by atoms with Gasteiger partial charge in [-0.1, -0.05) is 0 Å². The summed E-state index contributed by atoms with van der Waals surface area (Å²) in [5, 5.41) is 3.34. The van der Waals surface area contributed by atoms with Crippen molar-refractivity contribution in [2.24, 2.45) is 0 Å². The highest BCUT2D eigenvalue weighted by atomic mass is 79.9. The minimum atomic E-state index is -0.441. The van der Waals surface area contributed by atoms with Gasteiger partial charge in [0.15, 0.2) is 5.79 Å². The van der Waals surface area contributed by atoms with E-state index in [9.17, 15) is 0 Å². The molecular formula is C12H17BrN2O2. The third kappa shape index (κ3) is 4.03. The third-order valence-electron chi connectivity index (χ3n) is 2.53. The molecule has 1 aromatic heterocycles. The van der Waals surface area contributed by atoms with Crippen LogP contribution in [0.1, 0.15) is 19.4 Å². The normalized spacial score (nSPS) is 22.9. The van der Waals surface area contributed by atoms with Gasteiger partial charge in [0.1, 0.15) is 0 Å². The second-order valence-corrected chi connectivity index (χ2v) is 5.51. The highest BCUT2D eigenvalue weighted by Crippen LogP contribution is 2.21. The summed E-state index contributed by atoms with van der Waals surface area (Å²) in [6, 6.07) is 2.05. The fraction of sp³-hybridized carbons (Fsp3) is 0.583. The Balaban J connectivity index is 1.73. The largest absolute Gasteiger partial charge is 0.348 e. The van der Waals surface area contributed by atoms with E-state index in [4.69, 9.17) is 9.47 Å². The summed E-state index contributed by atoms with van der Waals surface area (Å²) in [5.41, 5.74) is 1.15. The van der Waals surface area contributed by atoms with Crippen LogP contribution in [0.4, 0.5) is 0 Å². The van der Waals surface area contributed by atoms with Gasteiger partial charge in [0.25, 0.3) is 0 Å². The number of aromatic nitrogens is 1. The maximum absolute atomic E-state index is 5.70. The zero-order chi connectivity index (χ0) is 12.3. The number of halogens is 1. The van der Waals surface area contributed by atoms with E-state index < -0.39 is 5.79 Å². The smallest absolute Gasteiger partial charge is 0.163 e. The van der Waals surface area contributed by atoms with Crippen LogP contribution in [0, 0.1) is 0 Å². The molecule has 1 aromatic rings. The van der Waals surface area contributed by atoms with Gasteiger partial charge in [0.05, 0.1) is 12.7 Å². The SMILES string of the molecule is CC1(C)OCC(CNCc2cncc(Br)c2)O1. The molecule has 1 unspecified atom stereocenters. The summed E-state index contributed by atoms with van der Waals surface area (Å²) in [6.45, 7) is 6.09. The number of nitrogens with zero attached hydrogens (tertiary/aromatic N) is 1. The van der Waals surface area contributed by atoms with E-state index in [0.29, 0.717) is 6.61 Å². The molecule has 5 heteroatoms. The molecule has 0 aromatic carbocycles. The molecule has 17 heavy (non-hydrogen) atoms. The summed E-state index contributed by atoms with van der Waals surface area (Å²) in [5.74, 6) is -0.441. The van der Waals surface area contributed by atoms with Crippen LogP contribution in [0.3, 0.4) is 0 Å². The van der Waals surface area contributed by atoms with Crippen LogP contribution in [-0.4, -0.2) is 30.0 Å². The second-order valence-electron chi connectivity index (χ2n) is 4.59. The average Bonchev–Trinajstić information content (AvgIpc) is 2.58. The van der Waals surface area contributed by atoms with Crippen LogP contribution in [0.25, 0.3) is 0 Å². The maximum atomic E-state index is 5.70. The van der Waals surface area contributed by atoms with Gasteiger partial charge >= 0.3 is 0 Å². The Bertz CT molecular complexity index is 385. The Morgan fingerprint density at radius 1 is 1.53 bits per heavy atom. The van der Waals surface area contributed by atoms with Gasteiger partial charge in [-0.05, 0) is 41.4 Å². The van der Waals surface area contributed by atoms with Crippen molar-refractivity contribution < 1.29 is 9.47 Å². The highest BCUT2D eigenvalue weighted by Gasteiger charge is 2.32. The van der Waals surface area contributed by atoms with Crippen molar-refractivity contribution in [3.63, 3.8) is 0 Å². The van der Waals surface area contributed by atoms with Crippen LogP contribution in [0.5, 0.6) is 0 Å². The molecule has 0 radical (unpaired) electrons. The molecule has 1 aliphatic rings. The molecule has 4 nitrogen and oxygen atoms in total. The van der Waals surface area contributed by atoms with Crippen molar-refractivity contribution in [2.75, 3.05) is 13.2 Å². The predicted octanol–water partition coefficient (Wildman–Crippen LogP) is 2.09. The lowest BCUT2D eigenvalue weighted by Gasteiger charge is -2.17. The Morgan fingerprint density at radius 2 is 2.35 bits per heavy atom. The highest BCUT2D eigenvalue weighted by molar-refractivity contribution is 9.10. The summed E-state index contributed by atoms with van der Waals surface area (Å²) in [7, 11) is 0. The van der Waals surface area contributed by atoms with Crippen LogP contribution in [0.15, 0.2) is 22.9 Å².